The van der Waals surface area contributed by atoms with Crippen LogP contribution in [0.25, 0.3) is 0 Å². The molecule has 0 aliphatic rings. The van der Waals surface area contributed by atoms with Crippen molar-refractivity contribution in [3.63, 3.8) is 0 Å². The van der Waals surface area contributed by atoms with Gasteiger partial charge in [-0.25, -0.2) is 0 Å². The van der Waals surface area contributed by atoms with E-state index in [4.69, 9.17) is 0 Å². The molecule has 0 fully saturated rings. The van der Waals surface area contributed by atoms with Crippen LogP contribution < -0.4 is 9.80 Å². The summed E-state index contributed by atoms with van der Waals surface area (Å²) in [4.78, 5) is 4.65. The molecule has 0 radical (unpaired) electrons. The Hall–Kier alpha value is -7.04. The third-order valence-corrected chi connectivity index (χ3v) is 14.6. The van der Waals surface area contributed by atoms with Crippen molar-refractivity contribution in [1.82, 2.24) is 0 Å². The molecular weight excluding hydrogens is 865 g/mol. The first-order valence-electron chi connectivity index (χ1n) is 25.8. The number of phenolic OH excluding ortho intramolecular Hbond substituents is 2. The normalized spacial score (nSPS) is 11.6. The van der Waals surface area contributed by atoms with Gasteiger partial charge in [-0.3, -0.25) is 0 Å². The van der Waals surface area contributed by atoms with Crippen LogP contribution in [0.1, 0.15) is 157 Å². The molecule has 0 aliphatic heterocycles. The Labute approximate surface area is 425 Å². The monoisotopic (exact) mass is 939 g/mol. The summed E-state index contributed by atoms with van der Waals surface area (Å²) in [6.07, 6.45) is 1.89. The fourth-order valence-corrected chi connectivity index (χ4v) is 9.62. The second kappa shape index (κ2) is 21.5. The fourth-order valence-electron chi connectivity index (χ4n) is 9.62. The minimum atomic E-state index is 0.238. The number of hydrogen-bond acceptors (Lipinski definition) is 4. The minimum absolute atomic E-state index is 0.238. The average molecular weight is 939 g/mol. The van der Waals surface area contributed by atoms with Gasteiger partial charge in [0.15, 0.2) is 0 Å². The number of anilines is 6. The molecule has 0 saturated heterocycles. The lowest BCUT2D eigenvalue weighted by Crippen LogP contribution is -2.10. The molecule has 0 saturated carbocycles. The standard InChI is InChI=1S/C67H74N2O2/c1-42(2)53-21-31-62(32-22-53)69(64-24-14-47(10)49(12)34-64)61-27-17-51(18-28-61)36-57-39-54(43(3)4)38-56(66(57)70)35-50-15-25-59(26-16-50)68(63-23-13-46(9)48(11)33-63)60-29-19-52(20-30-60)37-58-40-55(44(5)6)41-65(45(7)8)67(58)71/h13-34,38-45,70-71H,35-37H2,1-12H3. The summed E-state index contributed by atoms with van der Waals surface area (Å²) in [7, 11) is 0. The third kappa shape index (κ3) is 11.4. The molecule has 2 N–H and O–H groups in total. The van der Waals surface area contributed by atoms with E-state index in [1.165, 1.54) is 38.9 Å². The van der Waals surface area contributed by atoms with Crippen molar-refractivity contribution in [2.75, 3.05) is 9.80 Å². The number of rotatable bonds is 16. The van der Waals surface area contributed by atoms with Gasteiger partial charge in [0.25, 0.3) is 0 Å². The number of nitrogens with zero attached hydrogens (tertiary/aromatic N) is 2. The van der Waals surface area contributed by atoms with E-state index < -0.39 is 0 Å². The predicted octanol–water partition coefficient (Wildman–Crippen LogP) is 18.5. The van der Waals surface area contributed by atoms with Crippen LogP contribution in [-0.4, -0.2) is 10.2 Å². The lowest BCUT2D eigenvalue weighted by Gasteiger charge is -2.27. The Kier molecular flexibility index (Phi) is 15.3. The number of aromatic hydroxyl groups is 2. The van der Waals surface area contributed by atoms with Crippen molar-refractivity contribution in [3.8, 4) is 11.5 Å². The molecule has 8 rings (SSSR count). The summed E-state index contributed by atoms with van der Waals surface area (Å²) >= 11 is 0. The van der Waals surface area contributed by atoms with Crippen LogP contribution in [0.15, 0.2) is 158 Å². The van der Waals surface area contributed by atoms with Crippen LogP contribution in [0.2, 0.25) is 0 Å². The molecule has 0 spiro atoms. The highest BCUT2D eigenvalue weighted by molar-refractivity contribution is 5.79. The highest BCUT2D eigenvalue weighted by Crippen LogP contribution is 2.40. The van der Waals surface area contributed by atoms with E-state index in [2.05, 4.69) is 251 Å². The van der Waals surface area contributed by atoms with Gasteiger partial charge >= 0.3 is 0 Å². The van der Waals surface area contributed by atoms with Crippen molar-refractivity contribution in [2.45, 2.75) is 126 Å². The molecule has 4 heteroatoms. The average Bonchev–Trinajstić information content (AvgIpc) is 3.34. The van der Waals surface area contributed by atoms with E-state index in [1.54, 1.807) is 0 Å². The topological polar surface area (TPSA) is 46.9 Å². The van der Waals surface area contributed by atoms with Crippen LogP contribution in [0.5, 0.6) is 11.5 Å². The maximum absolute atomic E-state index is 12.0. The Balaban J connectivity index is 1.05. The fraction of sp³-hybridized carbons (Fsp3) is 0.284. The Bertz CT molecular complexity index is 3100. The van der Waals surface area contributed by atoms with Gasteiger partial charge in [-0.15, -0.1) is 0 Å². The highest BCUT2D eigenvalue weighted by Gasteiger charge is 2.20. The van der Waals surface area contributed by atoms with Crippen LogP contribution in [0, 0.1) is 27.7 Å². The molecule has 0 heterocycles. The molecular formula is C67H74N2O2. The lowest BCUT2D eigenvalue weighted by molar-refractivity contribution is 0.458. The number of phenols is 2. The smallest absolute Gasteiger partial charge is 0.122 e. The van der Waals surface area contributed by atoms with Gasteiger partial charge in [0.05, 0.1) is 0 Å². The summed E-state index contributed by atoms with van der Waals surface area (Å²) < 4.78 is 0. The Morgan fingerprint density at radius 1 is 0.310 bits per heavy atom. The van der Waals surface area contributed by atoms with Crippen molar-refractivity contribution < 1.29 is 10.2 Å². The molecule has 4 nitrogen and oxygen atoms in total. The summed E-state index contributed by atoms with van der Waals surface area (Å²) in [6, 6.07) is 57.4. The third-order valence-electron chi connectivity index (χ3n) is 14.6. The minimum Gasteiger partial charge on any atom is -0.507 e. The molecule has 364 valence electrons. The second-order valence-electron chi connectivity index (χ2n) is 21.3. The maximum Gasteiger partial charge on any atom is 0.122 e. The molecule has 8 aromatic rings. The largest absolute Gasteiger partial charge is 0.507 e. The lowest BCUT2D eigenvalue weighted by atomic mass is 9.90. The van der Waals surface area contributed by atoms with Crippen molar-refractivity contribution in [1.29, 1.82) is 0 Å². The zero-order valence-electron chi connectivity index (χ0n) is 44.2. The Morgan fingerprint density at radius 3 is 0.944 bits per heavy atom. The van der Waals surface area contributed by atoms with Crippen molar-refractivity contribution >= 4 is 34.1 Å². The van der Waals surface area contributed by atoms with Crippen molar-refractivity contribution in [3.05, 3.63) is 236 Å². The molecule has 71 heavy (non-hydrogen) atoms. The molecule has 0 amide bonds. The Morgan fingerprint density at radius 2 is 0.620 bits per heavy atom. The van der Waals surface area contributed by atoms with E-state index in [0.717, 1.165) is 73.1 Å². The molecule has 0 aromatic heterocycles. The van der Waals surface area contributed by atoms with Crippen LogP contribution in [-0.2, 0) is 19.3 Å². The summed E-state index contributed by atoms with van der Waals surface area (Å²) in [6.45, 7) is 26.3. The van der Waals surface area contributed by atoms with Crippen molar-refractivity contribution in [2.24, 2.45) is 0 Å². The summed E-state index contributed by atoms with van der Waals surface area (Å²) in [5.41, 5.74) is 22.7. The summed E-state index contributed by atoms with van der Waals surface area (Å²) in [5, 5.41) is 23.4. The molecule has 0 atom stereocenters. The highest BCUT2D eigenvalue weighted by atomic mass is 16.3. The van der Waals surface area contributed by atoms with Gasteiger partial charge in [0.1, 0.15) is 11.5 Å². The zero-order valence-corrected chi connectivity index (χ0v) is 44.2. The second-order valence-corrected chi connectivity index (χ2v) is 21.3. The molecule has 8 aromatic carbocycles. The van der Waals surface area contributed by atoms with Crippen LogP contribution in [0.3, 0.4) is 0 Å². The first-order valence-corrected chi connectivity index (χ1v) is 25.8. The first kappa shape index (κ1) is 50.4. The molecule has 0 unspecified atom stereocenters. The van der Waals surface area contributed by atoms with Crippen LogP contribution in [0.4, 0.5) is 34.1 Å². The first-order chi connectivity index (χ1) is 33.9. The van der Waals surface area contributed by atoms with E-state index in [-0.39, 0.29) is 5.92 Å². The number of benzene rings is 8. The number of hydrogen-bond donors (Lipinski definition) is 2. The quantitative estimate of drug-likeness (QED) is 0.101. The van der Waals surface area contributed by atoms with E-state index in [9.17, 15) is 10.2 Å². The van der Waals surface area contributed by atoms with E-state index in [0.29, 0.717) is 48.5 Å². The SMILES string of the molecule is Cc1ccc(N(c2ccc(Cc3cc(C(C)C)cc(Cc4ccc(N(c5ccc(C(C)C)cc5)c5ccc(C)c(C)c5)cc4)c3O)cc2)c2ccc(Cc3cc(C(C)C)cc(C(C)C)c3O)cc2)cc1C. The molecule has 0 bridgehead atoms. The van der Waals surface area contributed by atoms with Gasteiger partial charge in [0.2, 0.25) is 0 Å². The molecule has 0 aliphatic carbocycles. The van der Waals surface area contributed by atoms with Gasteiger partial charge < -0.3 is 20.0 Å². The van der Waals surface area contributed by atoms with Gasteiger partial charge in [-0.1, -0.05) is 140 Å². The van der Waals surface area contributed by atoms with Crippen LogP contribution >= 0.6 is 0 Å². The predicted molar refractivity (Wildman–Crippen MR) is 302 cm³/mol. The number of aryl methyl sites for hydroxylation is 4. The summed E-state index contributed by atoms with van der Waals surface area (Å²) in [5.74, 6) is 2.16. The maximum atomic E-state index is 12.0. The van der Waals surface area contributed by atoms with Gasteiger partial charge in [-0.05, 0) is 202 Å². The zero-order chi connectivity index (χ0) is 50.7. The van der Waals surface area contributed by atoms with E-state index >= 15 is 0 Å². The van der Waals surface area contributed by atoms with Gasteiger partial charge in [-0.2, -0.15) is 0 Å². The van der Waals surface area contributed by atoms with E-state index in [1.807, 2.05) is 0 Å². The van der Waals surface area contributed by atoms with Gasteiger partial charge in [0, 0.05) is 53.4 Å².